The van der Waals surface area contributed by atoms with Gasteiger partial charge in [-0.1, -0.05) is 11.6 Å². The molecule has 0 spiro atoms. The first-order valence-corrected chi connectivity index (χ1v) is 7.37. The van der Waals surface area contributed by atoms with Gasteiger partial charge in [0.05, 0.1) is 10.6 Å². The van der Waals surface area contributed by atoms with Crippen LogP contribution in [0.15, 0.2) is 24.4 Å². The van der Waals surface area contributed by atoms with Crippen molar-refractivity contribution in [2.45, 2.75) is 18.8 Å². The van der Waals surface area contributed by atoms with E-state index in [9.17, 15) is 13.6 Å². The zero-order valence-corrected chi connectivity index (χ0v) is 12.4. The van der Waals surface area contributed by atoms with E-state index >= 15 is 0 Å². The minimum absolute atomic E-state index is 0.00849. The van der Waals surface area contributed by atoms with Crippen molar-refractivity contribution in [3.05, 3.63) is 52.3 Å². The quantitative estimate of drug-likeness (QED) is 0.861. The zero-order valence-electron chi connectivity index (χ0n) is 11.7. The molecule has 1 unspecified atom stereocenters. The molecule has 116 valence electrons. The molecule has 1 aromatic heterocycles. The lowest BCUT2D eigenvalue weighted by Crippen LogP contribution is -2.39. The van der Waals surface area contributed by atoms with Crippen molar-refractivity contribution in [3.63, 3.8) is 0 Å². The first-order chi connectivity index (χ1) is 10.6. The van der Waals surface area contributed by atoms with Crippen LogP contribution >= 0.6 is 11.6 Å². The summed E-state index contributed by atoms with van der Waals surface area (Å²) in [5.41, 5.74) is 0.958. The van der Waals surface area contributed by atoms with Crippen LogP contribution in [0.1, 0.15) is 34.8 Å². The number of benzene rings is 1. The lowest BCUT2D eigenvalue weighted by atomic mass is 9.94. The van der Waals surface area contributed by atoms with E-state index in [-0.39, 0.29) is 22.4 Å². The average molecular weight is 326 g/mol. The number of nitrogens with zero attached hydrogens (tertiary/aromatic N) is 2. The highest BCUT2D eigenvalue weighted by Gasteiger charge is 2.28. The molecule has 1 fully saturated rings. The third-order valence-corrected chi connectivity index (χ3v) is 4.22. The predicted molar refractivity (Wildman–Crippen MR) is 77.8 cm³/mol. The fourth-order valence-electron chi connectivity index (χ4n) is 2.77. The Kier molecular flexibility index (Phi) is 4.11. The van der Waals surface area contributed by atoms with Gasteiger partial charge in [0, 0.05) is 30.9 Å². The molecule has 3 rings (SSSR count). The van der Waals surface area contributed by atoms with Gasteiger partial charge < -0.3 is 4.90 Å². The minimum atomic E-state index is -1.07. The monoisotopic (exact) mass is 325 g/mol. The molecule has 4 nitrogen and oxygen atoms in total. The summed E-state index contributed by atoms with van der Waals surface area (Å²) in [7, 11) is 0. The molecule has 0 saturated carbocycles. The molecule has 1 N–H and O–H groups in total. The number of aromatic nitrogens is 2. The van der Waals surface area contributed by atoms with Crippen molar-refractivity contribution >= 4 is 17.5 Å². The van der Waals surface area contributed by atoms with Gasteiger partial charge in [-0.3, -0.25) is 9.89 Å². The Morgan fingerprint density at radius 1 is 1.36 bits per heavy atom. The highest BCUT2D eigenvalue weighted by molar-refractivity contribution is 6.33. The van der Waals surface area contributed by atoms with Crippen LogP contribution < -0.4 is 0 Å². The SMILES string of the molecule is O=C(c1cc(F)c(F)cc1Cl)N1CCCC(c2ccn[nH]2)C1. The van der Waals surface area contributed by atoms with E-state index in [0.717, 1.165) is 30.7 Å². The Morgan fingerprint density at radius 2 is 2.14 bits per heavy atom. The Bertz CT molecular complexity index is 690. The van der Waals surface area contributed by atoms with E-state index in [1.54, 1.807) is 11.1 Å². The van der Waals surface area contributed by atoms with Crippen LogP contribution in [0.25, 0.3) is 0 Å². The van der Waals surface area contributed by atoms with Crippen molar-refractivity contribution in [1.82, 2.24) is 15.1 Å². The molecular formula is C15H14ClF2N3O. The fraction of sp³-hybridized carbons (Fsp3) is 0.333. The average Bonchev–Trinajstić information content (AvgIpc) is 3.05. The lowest BCUT2D eigenvalue weighted by molar-refractivity contribution is 0.0705. The summed E-state index contributed by atoms with van der Waals surface area (Å²) in [5.74, 6) is -2.36. The van der Waals surface area contributed by atoms with Crippen LogP contribution in [0.5, 0.6) is 0 Å². The number of amides is 1. The van der Waals surface area contributed by atoms with Crippen molar-refractivity contribution in [3.8, 4) is 0 Å². The van der Waals surface area contributed by atoms with Gasteiger partial charge in [0.25, 0.3) is 5.91 Å². The molecule has 1 amide bonds. The lowest BCUT2D eigenvalue weighted by Gasteiger charge is -2.32. The minimum Gasteiger partial charge on any atom is -0.338 e. The standard InChI is InChI=1S/C15H14ClF2N3O/c16-11-7-13(18)12(17)6-10(11)15(22)21-5-1-2-9(8-21)14-3-4-19-20-14/h3-4,6-7,9H,1-2,5,8H2,(H,19,20). The predicted octanol–water partition coefficient (Wildman–Crippen LogP) is 3.36. The largest absolute Gasteiger partial charge is 0.338 e. The molecule has 1 aromatic carbocycles. The van der Waals surface area contributed by atoms with Crippen LogP contribution in [0.2, 0.25) is 5.02 Å². The molecule has 1 aliphatic rings. The van der Waals surface area contributed by atoms with Gasteiger partial charge in [-0.15, -0.1) is 0 Å². The number of carbonyl (C=O) groups excluding carboxylic acids is 1. The molecule has 0 aliphatic carbocycles. The second kappa shape index (κ2) is 6.04. The molecule has 1 aliphatic heterocycles. The number of carbonyl (C=O) groups is 1. The first-order valence-electron chi connectivity index (χ1n) is 6.99. The Morgan fingerprint density at radius 3 is 2.86 bits per heavy atom. The van der Waals surface area contributed by atoms with Gasteiger partial charge in [0.15, 0.2) is 11.6 Å². The highest BCUT2D eigenvalue weighted by Crippen LogP contribution is 2.28. The summed E-state index contributed by atoms with van der Waals surface area (Å²) in [6.07, 6.45) is 3.44. The summed E-state index contributed by atoms with van der Waals surface area (Å²) in [6.45, 7) is 1.06. The third-order valence-electron chi connectivity index (χ3n) is 3.91. The molecule has 22 heavy (non-hydrogen) atoms. The number of hydrogen-bond donors (Lipinski definition) is 1. The number of aromatic amines is 1. The smallest absolute Gasteiger partial charge is 0.255 e. The first kappa shape index (κ1) is 15.0. The molecule has 1 saturated heterocycles. The highest BCUT2D eigenvalue weighted by atomic mass is 35.5. The van der Waals surface area contributed by atoms with Crippen LogP contribution in [-0.4, -0.2) is 34.1 Å². The van der Waals surface area contributed by atoms with Gasteiger partial charge in [-0.25, -0.2) is 8.78 Å². The summed E-state index contributed by atoms with van der Waals surface area (Å²) < 4.78 is 26.5. The Hall–Kier alpha value is -1.95. The maximum Gasteiger partial charge on any atom is 0.255 e. The zero-order chi connectivity index (χ0) is 15.7. The molecule has 0 radical (unpaired) electrons. The van der Waals surface area contributed by atoms with E-state index < -0.39 is 11.6 Å². The van der Waals surface area contributed by atoms with E-state index in [0.29, 0.717) is 13.1 Å². The van der Waals surface area contributed by atoms with E-state index in [2.05, 4.69) is 10.2 Å². The molecule has 1 atom stereocenters. The molecular weight excluding hydrogens is 312 g/mol. The third kappa shape index (κ3) is 2.83. The van der Waals surface area contributed by atoms with Crippen LogP contribution in [0.4, 0.5) is 8.78 Å². The Labute approximate surface area is 131 Å². The van der Waals surface area contributed by atoms with Gasteiger partial charge >= 0.3 is 0 Å². The second-order valence-corrected chi connectivity index (χ2v) is 5.76. The van der Waals surface area contributed by atoms with Crippen LogP contribution in [0, 0.1) is 11.6 Å². The summed E-state index contributed by atoms with van der Waals surface area (Å²) in [4.78, 5) is 14.1. The molecule has 0 bridgehead atoms. The number of nitrogens with one attached hydrogen (secondary N) is 1. The number of H-pyrrole nitrogens is 1. The Balaban J connectivity index is 1.81. The van der Waals surface area contributed by atoms with Crippen molar-refractivity contribution in [2.24, 2.45) is 0 Å². The van der Waals surface area contributed by atoms with E-state index in [1.807, 2.05) is 6.07 Å². The number of halogens is 3. The van der Waals surface area contributed by atoms with Gasteiger partial charge in [-0.05, 0) is 31.0 Å². The van der Waals surface area contributed by atoms with E-state index in [4.69, 9.17) is 11.6 Å². The maximum absolute atomic E-state index is 13.4. The van der Waals surface area contributed by atoms with Crippen LogP contribution in [0.3, 0.4) is 0 Å². The molecule has 2 aromatic rings. The molecule has 7 heteroatoms. The van der Waals surface area contributed by atoms with Crippen LogP contribution in [-0.2, 0) is 0 Å². The summed E-state index contributed by atoms with van der Waals surface area (Å²) in [6, 6.07) is 3.57. The number of hydrogen-bond acceptors (Lipinski definition) is 2. The van der Waals surface area contributed by atoms with E-state index in [1.165, 1.54) is 0 Å². The second-order valence-electron chi connectivity index (χ2n) is 5.35. The molecule has 2 heterocycles. The fourth-order valence-corrected chi connectivity index (χ4v) is 3.00. The van der Waals surface area contributed by atoms with Gasteiger partial charge in [0.1, 0.15) is 0 Å². The number of piperidine rings is 1. The normalized spacial score (nSPS) is 18.5. The number of rotatable bonds is 2. The maximum atomic E-state index is 13.4. The van der Waals surface area contributed by atoms with Crippen molar-refractivity contribution in [1.29, 1.82) is 0 Å². The van der Waals surface area contributed by atoms with Gasteiger partial charge in [-0.2, -0.15) is 5.10 Å². The summed E-state index contributed by atoms with van der Waals surface area (Å²) in [5, 5.41) is 6.75. The number of likely N-dealkylation sites (tertiary alicyclic amines) is 1. The van der Waals surface area contributed by atoms with Crippen molar-refractivity contribution < 1.29 is 13.6 Å². The van der Waals surface area contributed by atoms with Gasteiger partial charge in [0.2, 0.25) is 0 Å². The summed E-state index contributed by atoms with van der Waals surface area (Å²) >= 11 is 5.88. The topological polar surface area (TPSA) is 49.0 Å². The van der Waals surface area contributed by atoms with Crippen molar-refractivity contribution in [2.75, 3.05) is 13.1 Å².